The van der Waals surface area contributed by atoms with Crippen LogP contribution in [0.1, 0.15) is 6.42 Å². The van der Waals surface area contributed by atoms with Gasteiger partial charge in [-0.15, -0.1) is 0 Å². The average molecular weight is 288 g/mol. The van der Waals surface area contributed by atoms with Crippen molar-refractivity contribution < 1.29 is 27.4 Å². The topological polar surface area (TPSA) is 38.3 Å². The summed E-state index contributed by atoms with van der Waals surface area (Å²) in [5.41, 5.74) is 0. The first-order valence-corrected chi connectivity index (χ1v) is 12.8. The van der Waals surface area contributed by atoms with Crippen LogP contribution in [0.3, 0.4) is 0 Å². The van der Waals surface area contributed by atoms with Crippen molar-refractivity contribution in [1.29, 1.82) is 0 Å². The van der Waals surface area contributed by atoms with Crippen LogP contribution in [-0.4, -0.2) is 27.9 Å². The average Bonchev–Trinajstić information content (AvgIpc) is 2.65. The van der Waals surface area contributed by atoms with Crippen molar-refractivity contribution >= 4 is 14.1 Å². The Morgan fingerprint density at radius 3 is 2.71 bits per heavy atom. The first-order valence-electron chi connectivity index (χ1n) is 5.89. The molecule has 0 bridgehead atoms. The summed E-state index contributed by atoms with van der Waals surface area (Å²) in [6, 6.07) is 0. The Labute approximate surface area is 111 Å². The van der Waals surface area contributed by atoms with E-state index in [1.807, 2.05) is 0 Å². The Hall–Kier alpha value is -0.159. The maximum atomic E-state index is 11.7. The molecule has 3 nitrogen and oxygen atoms in total. The van der Waals surface area contributed by atoms with Crippen molar-refractivity contribution in [1.82, 2.24) is 4.98 Å². The van der Waals surface area contributed by atoms with E-state index in [2.05, 4.69) is 40.7 Å². The first kappa shape index (κ1) is 14.9. The van der Waals surface area contributed by atoms with Gasteiger partial charge < -0.3 is 0 Å². The van der Waals surface area contributed by atoms with Gasteiger partial charge in [0.15, 0.2) is 0 Å². The molecule has 0 spiro atoms. The van der Waals surface area contributed by atoms with E-state index < -0.39 is 26.1 Å². The quantitative estimate of drug-likeness (QED) is 0.789. The van der Waals surface area contributed by atoms with E-state index >= 15 is 0 Å². The summed E-state index contributed by atoms with van der Waals surface area (Å²) in [5.74, 6) is 0.00470. The Morgan fingerprint density at radius 1 is 1.53 bits per heavy atom. The monoisotopic (exact) mass is 288 g/mol. The van der Waals surface area contributed by atoms with Crippen LogP contribution in [0.15, 0.2) is 21.2 Å². The molecule has 1 rings (SSSR count). The van der Waals surface area contributed by atoms with Crippen LogP contribution >= 0.6 is 0 Å². The molecule has 0 unspecified atom stereocenters. The van der Waals surface area contributed by atoms with Gasteiger partial charge in [-0.1, -0.05) is 0 Å². The van der Waals surface area contributed by atoms with Crippen LogP contribution in [0.25, 0.3) is 0 Å². The Kier molecular flexibility index (Phi) is 5.38. The summed E-state index contributed by atoms with van der Waals surface area (Å²) in [7, 11) is -0.289. The first-order chi connectivity index (χ1) is 7.88. The van der Waals surface area contributed by atoms with Crippen LogP contribution in [0, 0.1) is 0 Å². The number of amides is 1. The second-order valence-electron chi connectivity index (χ2n) is 5.10. The molecule has 1 amide bonds. The maximum absolute atomic E-state index is 11.7. The predicted molar refractivity (Wildman–Crippen MR) is 70.0 cm³/mol. The molecule has 0 fully saturated rings. The van der Waals surface area contributed by atoms with Gasteiger partial charge >= 0.3 is 111 Å². The third-order valence-corrected chi connectivity index (χ3v) is 8.67. The van der Waals surface area contributed by atoms with Crippen LogP contribution < -0.4 is 4.98 Å². The molecule has 95 valence electrons. The molecular formula is C12H22NO2SiTi. The van der Waals surface area contributed by atoms with E-state index in [1.54, 1.807) is 11.0 Å². The van der Waals surface area contributed by atoms with Crippen molar-refractivity contribution in [2.45, 2.75) is 30.0 Å². The van der Waals surface area contributed by atoms with Crippen LogP contribution in [-0.2, 0) is 27.4 Å². The van der Waals surface area contributed by atoms with Gasteiger partial charge in [0.2, 0.25) is 0 Å². The number of hydrogen-bond acceptors (Lipinski definition) is 2. The molecule has 1 N–H and O–H groups in total. The van der Waals surface area contributed by atoms with Crippen molar-refractivity contribution in [3.05, 3.63) is 21.2 Å². The van der Waals surface area contributed by atoms with E-state index in [9.17, 15) is 4.79 Å². The molecule has 0 heterocycles. The number of methoxy groups -OCH3 is 1. The molecule has 0 aliphatic heterocycles. The third kappa shape index (κ3) is 3.92. The molecule has 0 aromatic heterocycles. The van der Waals surface area contributed by atoms with Crippen molar-refractivity contribution in [2.24, 2.45) is 0 Å². The predicted octanol–water partition coefficient (Wildman–Crippen LogP) is 2.42. The van der Waals surface area contributed by atoms with Gasteiger partial charge in [-0.25, -0.2) is 0 Å². The standard InChI is InChI=1S/C10H16NO2Si.2CH3.Ti/c1-13-8-10(12)11-14(2,3)9-6-4-5-7-9;;;/h4,6H,5,8H2,1-3H3,(H,11,12);2*1H3;. The van der Waals surface area contributed by atoms with Crippen LogP contribution in [0.5, 0.6) is 0 Å². The number of hydrogen-bond donors (Lipinski definition) is 1. The molecule has 0 atom stereocenters. The van der Waals surface area contributed by atoms with Crippen molar-refractivity contribution in [3.63, 3.8) is 0 Å². The summed E-state index contributed by atoms with van der Waals surface area (Å²) >= 11 is -1.04. The zero-order chi connectivity index (χ0) is 13.1. The molecule has 0 aromatic rings. The Bertz CT molecular complexity index is 362. The van der Waals surface area contributed by atoms with Gasteiger partial charge in [0.1, 0.15) is 0 Å². The number of allylic oxidation sites excluding steroid dienone is 4. The Balaban J connectivity index is 2.85. The van der Waals surface area contributed by atoms with Crippen molar-refractivity contribution in [2.75, 3.05) is 13.7 Å². The summed E-state index contributed by atoms with van der Waals surface area (Å²) in [6.07, 6.45) is 5.57. The number of nitrogens with one attached hydrogen (secondary N) is 1. The molecule has 0 saturated carbocycles. The van der Waals surface area contributed by atoms with Crippen molar-refractivity contribution in [3.8, 4) is 0 Å². The van der Waals surface area contributed by atoms with Gasteiger partial charge in [-0.2, -0.15) is 0 Å². The minimum atomic E-state index is -1.84. The van der Waals surface area contributed by atoms with Crippen LogP contribution in [0.4, 0.5) is 0 Å². The van der Waals surface area contributed by atoms with E-state index in [1.165, 1.54) is 5.20 Å². The van der Waals surface area contributed by atoms with Gasteiger partial charge in [0.05, 0.1) is 0 Å². The van der Waals surface area contributed by atoms with Gasteiger partial charge in [0, 0.05) is 0 Å². The molecule has 1 aliphatic carbocycles. The molecular weight excluding hydrogens is 266 g/mol. The second-order valence-corrected chi connectivity index (χ2v) is 13.2. The zero-order valence-corrected chi connectivity index (χ0v) is 13.9. The molecule has 5 heteroatoms. The van der Waals surface area contributed by atoms with E-state index in [-0.39, 0.29) is 12.5 Å². The number of ether oxygens (including phenoxy) is 1. The molecule has 1 aliphatic rings. The minimum absolute atomic E-state index is 0.00470. The van der Waals surface area contributed by atoms with E-state index in [4.69, 9.17) is 4.74 Å². The number of carbonyl (C=O) groups excluding carboxylic acids is 1. The van der Waals surface area contributed by atoms with Gasteiger partial charge in [-0.3, -0.25) is 0 Å². The molecule has 0 saturated heterocycles. The SMILES string of the molecule is COCC(=O)N[Si](C)(C)C1=[C]([Ti]([CH3])[CH3])CC=C1. The van der Waals surface area contributed by atoms with Gasteiger partial charge in [-0.05, 0) is 0 Å². The molecule has 0 radical (unpaired) electrons. The number of rotatable bonds is 5. The van der Waals surface area contributed by atoms with Gasteiger partial charge in [0.25, 0.3) is 0 Å². The normalized spacial score (nSPS) is 15.4. The third-order valence-electron chi connectivity index (χ3n) is 2.94. The zero-order valence-electron chi connectivity index (χ0n) is 11.4. The van der Waals surface area contributed by atoms with E-state index in [0.717, 1.165) is 6.42 Å². The fourth-order valence-corrected chi connectivity index (χ4v) is 8.73. The Morgan fingerprint density at radius 2 is 2.18 bits per heavy atom. The van der Waals surface area contributed by atoms with Crippen LogP contribution in [0.2, 0.25) is 23.6 Å². The second kappa shape index (κ2) is 6.14. The molecule has 0 aromatic carbocycles. The fraction of sp³-hybridized carbons (Fsp3) is 0.583. The summed E-state index contributed by atoms with van der Waals surface area (Å²) in [5, 5.41) is 6.20. The summed E-state index contributed by atoms with van der Waals surface area (Å²) in [6.45, 7) is 4.56. The molecule has 17 heavy (non-hydrogen) atoms. The summed E-state index contributed by atoms with van der Waals surface area (Å²) in [4.78, 5) is 14.8. The number of carbonyl (C=O) groups is 1. The summed E-state index contributed by atoms with van der Waals surface area (Å²) < 4.78 is 6.51. The fourth-order valence-electron chi connectivity index (χ4n) is 2.15. The van der Waals surface area contributed by atoms with E-state index in [0.29, 0.717) is 0 Å².